The molecule has 2 rings (SSSR count). The second kappa shape index (κ2) is 5.75. The van der Waals surface area contributed by atoms with E-state index in [2.05, 4.69) is 4.98 Å². The first-order valence-corrected chi connectivity index (χ1v) is 6.12. The smallest absolute Gasteiger partial charge is 0.165 e. The Bertz CT molecular complexity index is 487. The zero-order valence-corrected chi connectivity index (χ0v) is 10.0. The van der Waals surface area contributed by atoms with Gasteiger partial charge in [0.1, 0.15) is 11.6 Å². The van der Waals surface area contributed by atoms with Gasteiger partial charge >= 0.3 is 0 Å². The zero-order chi connectivity index (χ0) is 12.1. The molecular weight excluding hydrogens is 239 g/mol. The summed E-state index contributed by atoms with van der Waals surface area (Å²) in [6.07, 6.45) is 2.61. The van der Waals surface area contributed by atoms with Crippen LogP contribution in [-0.2, 0) is 13.0 Å². The lowest BCUT2D eigenvalue weighted by Gasteiger charge is -2.04. The molecule has 0 bridgehead atoms. The molecule has 1 aromatic carbocycles. The standard InChI is InChI=1S/C12H13FN2OS/c13-10-3-1-2-4-11(10)16-8-12-15-7-9(17-12)5-6-14/h1-4,7H,5-6,8,14H2. The maximum Gasteiger partial charge on any atom is 0.165 e. The van der Waals surface area contributed by atoms with Gasteiger partial charge in [-0.1, -0.05) is 12.1 Å². The number of benzene rings is 1. The van der Waals surface area contributed by atoms with E-state index in [1.165, 1.54) is 6.07 Å². The van der Waals surface area contributed by atoms with Crippen molar-refractivity contribution in [1.29, 1.82) is 0 Å². The molecule has 0 aliphatic rings. The first kappa shape index (κ1) is 12.0. The molecule has 90 valence electrons. The molecule has 0 radical (unpaired) electrons. The topological polar surface area (TPSA) is 48.1 Å². The Morgan fingerprint density at radius 1 is 1.35 bits per heavy atom. The van der Waals surface area contributed by atoms with Gasteiger partial charge in [0, 0.05) is 11.1 Å². The molecule has 0 aliphatic heterocycles. The third-order valence-electron chi connectivity index (χ3n) is 2.18. The number of thiazole rings is 1. The minimum Gasteiger partial charge on any atom is -0.483 e. The van der Waals surface area contributed by atoms with Gasteiger partial charge in [0.05, 0.1) is 0 Å². The van der Waals surface area contributed by atoms with Gasteiger partial charge in [-0.25, -0.2) is 9.37 Å². The minimum atomic E-state index is -0.355. The van der Waals surface area contributed by atoms with Crippen LogP contribution in [0.2, 0.25) is 0 Å². The molecule has 2 aromatic rings. The van der Waals surface area contributed by atoms with Crippen LogP contribution >= 0.6 is 11.3 Å². The van der Waals surface area contributed by atoms with Crippen molar-refractivity contribution in [3.63, 3.8) is 0 Å². The summed E-state index contributed by atoms with van der Waals surface area (Å²) in [6, 6.07) is 6.34. The number of nitrogens with two attached hydrogens (primary N) is 1. The van der Waals surface area contributed by atoms with Crippen molar-refractivity contribution in [1.82, 2.24) is 4.98 Å². The molecule has 2 N–H and O–H groups in total. The number of nitrogens with zero attached hydrogens (tertiary/aromatic N) is 1. The van der Waals surface area contributed by atoms with Crippen molar-refractivity contribution in [2.45, 2.75) is 13.0 Å². The van der Waals surface area contributed by atoms with E-state index in [1.54, 1.807) is 35.7 Å². The Morgan fingerprint density at radius 3 is 2.94 bits per heavy atom. The predicted octanol–water partition coefficient (Wildman–Crippen LogP) is 2.36. The van der Waals surface area contributed by atoms with Gasteiger partial charge in [0.2, 0.25) is 0 Å². The molecule has 0 fully saturated rings. The monoisotopic (exact) mass is 252 g/mol. The van der Waals surface area contributed by atoms with Crippen LogP contribution in [0.3, 0.4) is 0 Å². The summed E-state index contributed by atoms with van der Waals surface area (Å²) < 4.78 is 18.6. The van der Waals surface area contributed by atoms with E-state index >= 15 is 0 Å². The molecular formula is C12H13FN2OS. The van der Waals surface area contributed by atoms with Crippen molar-refractivity contribution < 1.29 is 9.13 Å². The third-order valence-corrected chi connectivity index (χ3v) is 3.21. The molecule has 0 aliphatic carbocycles. The summed E-state index contributed by atoms with van der Waals surface area (Å²) in [5.74, 6) is -0.102. The average Bonchev–Trinajstić information content (AvgIpc) is 2.76. The fourth-order valence-electron chi connectivity index (χ4n) is 1.37. The molecule has 0 spiro atoms. The quantitative estimate of drug-likeness (QED) is 0.888. The summed E-state index contributed by atoms with van der Waals surface area (Å²) in [5.41, 5.74) is 5.45. The van der Waals surface area contributed by atoms with Gasteiger partial charge in [-0.15, -0.1) is 11.3 Å². The van der Waals surface area contributed by atoms with Crippen LogP contribution in [0.1, 0.15) is 9.88 Å². The maximum atomic E-state index is 13.3. The highest BCUT2D eigenvalue weighted by Gasteiger charge is 2.05. The lowest BCUT2D eigenvalue weighted by Crippen LogP contribution is -2.00. The SMILES string of the molecule is NCCc1cnc(COc2ccccc2F)s1. The normalized spacial score (nSPS) is 10.5. The Labute approximate surface area is 103 Å². The number of para-hydroxylation sites is 1. The molecule has 1 heterocycles. The highest BCUT2D eigenvalue weighted by atomic mass is 32.1. The highest BCUT2D eigenvalue weighted by Crippen LogP contribution is 2.19. The Balaban J connectivity index is 1.95. The molecule has 0 unspecified atom stereocenters. The second-order valence-electron chi connectivity index (χ2n) is 3.48. The molecule has 0 saturated carbocycles. The first-order chi connectivity index (χ1) is 8.29. The van der Waals surface area contributed by atoms with Crippen LogP contribution in [0.25, 0.3) is 0 Å². The molecule has 3 nitrogen and oxygen atoms in total. The van der Waals surface area contributed by atoms with E-state index in [4.69, 9.17) is 10.5 Å². The lowest BCUT2D eigenvalue weighted by molar-refractivity contribution is 0.290. The van der Waals surface area contributed by atoms with Crippen molar-refractivity contribution >= 4 is 11.3 Å². The molecule has 0 saturated heterocycles. The fraction of sp³-hybridized carbons (Fsp3) is 0.250. The number of halogens is 1. The predicted molar refractivity (Wildman–Crippen MR) is 65.6 cm³/mol. The van der Waals surface area contributed by atoms with Crippen LogP contribution in [-0.4, -0.2) is 11.5 Å². The van der Waals surface area contributed by atoms with Crippen LogP contribution in [0.4, 0.5) is 4.39 Å². The van der Waals surface area contributed by atoms with E-state index in [0.29, 0.717) is 6.54 Å². The summed E-state index contributed by atoms with van der Waals surface area (Å²) in [4.78, 5) is 5.32. The van der Waals surface area contributed by atoms with E-state index in [0.717, 1.165) is 16.3 Å². The van der Waals surface area contributed by atoms with E-state index < -0.39 is 0 Å². The van der Waals surface area contributed by atoms with Crippen LogP contribution < -0.4 is 10.5 Å². The molecule has 0 amide bonds. The number of hydrogen-bond donors (Lipinski definition) is 1. The minimum absolute atomic E-state index is 0.253. The van der Waals surface area contributed by atoms with E-state index in [9.17, 15) is 4.39 Å². The summed E-state index contributed by atoms with van der Waals surface area (Å²) >= 11 is 1.54. The van der Waals surface area contributed by atoms with Gasteiger partial charge < -0.3 is 10.5 Å². The Kier molecular flexibility index (Phi) is 4.06. The summed E-state index contributed by atoms with van der Waals surface area (Å²) in [7, 11) is 0. The number of hydrogen-bond acceptors (Lipinski definition) is 4. The summed E-state index contributed by atoms with van der Waals surface area (Å²) in [6.45, 7) is 0.895. The largest absolute Gasteiger partial charge is 0.483 e. The fourth-order valence-corrected chi connectivity index (χ4v) is 2.23. The van der Waals surface area contributed by atoms with Crippen molar-refractivity contribution in [3.05, 3.63) is 46.2 Å². The number of aromatic nitrogens is 1. The van der Waals surface area contributed by atoms with Crippen molar-refractivity contribution in [2.75, 3.05) is 6.54 Å². The van der Waals surface area contributed by atoms with E-state index in [1.807, 2.05) is 0 Å². The van der Waals surface area contributed by atoms with Crippen LogP contribution in [0.15, 0.2) is 30.5 Å². The van der Waals surface area contributed by atoms with Crippen molar-refractivity contribution in [2.24, 2.45) is 5.73 Å². The second-order valence-corrected chi connectivity index (χ2v) is 4.68. The van der Waals surface area contributed by atoms with Gasteiger partial charge in [-0.05, 0) is 25.1 Å². The summed E-state index contributed by atoms with van der Waals surface area (Å²) in [5, 5.41) is 0.830. The maximum absolute atomic E-state index is 13.3. The average molecular weight is 252 g/mol. The van der Waals surface area contributed by atoms with Crippen LogP contribution in [0.5, 0.6) is 5.75 Å². The zero-order valence-electron chi connectivity index (χ0n) is 9.23. The number of ether oxygens (including phenoxy) is 1. The number of rotatable bonds is 5. The van der Waals surface area contributed by atoms with E-state index in [-0.39, 0.29) is 18.2 Å². The molecule has 5 heteroatoms. The van der Waals surface area contributed by atoms with Crippen molar-refractivity contribution in [3.8, 4) is 5.75 Å². The lowest BCUT2D eigenvalue weighted by atomic mass is 10.3. The van der Waals surface area contributed by atoms with Gasteiger partial charge in [-0.3, -0.25) is 0 Å². The molecule has 0 atom stereocenters. The molecule has 1 aromatic heterocycles. The third kappa shape index (κ3) is 3.25. The highest BCUT2D eigenvalue weighted by molar-refractivity contribution is 7.11. The van der Waals surface area contributed by atoms with Gasteiger partial charge in [0.15, 0.2) is 11.6 Å². The first-order valence-electron chi connectivity index (χ1n) is 5.30. The van der Waals surface area contributed by atoms with Crippen LogP contribution in [0, 0.1) is 5.82 Å². The Morgan fingerprint density at radius 2 is 2.18 bits per heavy atom. The molecule has 17 heavy (non-hydrogen) atoms. The Hall–Kier alpha value is -1.46. The van der Waals surface area contributed by atoms with Gasteiger partial charge in [-0.2, -0.15) is 0 Å². The van der Waals surface area contributed by atoms with Gasteiger partial charge in [0.25, 0.3) is 0 Å².